The van der Waals surface area contributed by atoms with Crippen LogP contribution in [0.1, 0.15) is 37.4 Å². The maximum atomic E-state index is 5.63. The zero-order valence-corrected chi connectivity index (χ0v) is 10.4. The van der Waals surface area contributed by atoms with E-state index in [9.17, 15) is 0 Å². The summed E-state index contributed by atoms with van der Waals surface area (Å²) in [4.78, 5) is 0. The second-order valence-electron chi connectivity index (χ2n) is 4.83. The van der Waals surface area contributed by atoms with Crippen molar-refractivity contribution < 1.29 is 4.74 Å². The summed E-state index contributed by atoms with van der Waals surface area (Å²) in [6.07, 6.45) is 2.29. The lowest BCUT2D eigenvalue weighted by Crippen LogP contribution is -2.22. The predicted octanol–water partition coefficient (Wildman–Crippen LogP) is 2.93. The van der Waals surface area contributed by atoms with Crippen LogP contribution >= 0.6 is 0 Å². The minimum Gasteiger partial charge on any atom is -0.493 e. The van der Waals surface area contributed by atoms with E-state index in [1.54, 1.807) is 0 Å². The summed E-state index contributed by atoms with van der Waals surface area (Å²) in [5.41, 5.74) is 2.74. The maximum Gasteiger partial charge on any atom is 0.122 e. The standard InChI is InChI=1S/C14H21NO/c1-10(2)14(15-3)12-6-7-13-11(9-12)5-4-8-16-13/h6-7,9-10,14-15H,4-5,8H2,1-3H3. The molecule has 0 saturated carbocycles. The van der Waals surface area contributed by atoms with E-state index >= 15 is 0 Å². The Morgan fingerprint density at radius 1 is 1.31 bits per heavy atom. The summed E-state index contributed by atoms with van der Waals surface area (Å²) in [6.45, 7) is 5.36. The SMILES string of the molecule is CNC(c1ccc2c(c1)CCCO2)C(C)C. The van der Waals surface area contributed by atoms with Crippen LogP contribution in [0.5, 0.6) is 5.75 Å². The van der Waals surface area contributed by atoms with Crippen LogP contribution in [0.2, 0.25) is 0 Å². The Kier molecular flexibility index (Phi) is 3.49. The van der Waals surface area contributed by atoms with Crippen LogP contribution in [0.25, 0.3) is 0 Å². The summed E-state index contributed by atoms with van der Waals surface area (Å²) >= 11 is 0. The lowest BCUT2D eigenvalue weighted by Gasteiger charge is -2.24. The Hall–Kier alpha value is -1.02. The highest BCUT2D eigenvalue weighted by atomic mass is 16.5. The topological polar surface area (TPSA) is 21.3 Å². The normalized spacial score (nSPS) is 16.8. The number of nitrogens with one attached hydrogen (secondary N) is 1. The number of rotatable bonds is 3. The van der Waals surface area contributed by atoms with Gasteiger partial charge in [-0.3, -0.25) is 0 Å². The molecule has 1 atom stereocenters. The van der Waals surface area contributed by atoms with Crippen molar-refractivity contribution in [2.24, 2.45) is 5.92 Å². The zero-order chi connectivity index (χ0) is 11.5. The first-order chi connectivity index (χ1) is 7.72. The van der Waals surface area contributed by atoms with E-state index in [-0.39, 0.29) is 0 Å². The Labute approximate surface area is 98.0 Å². The molecular weight excluding hydrogens is 198 g/mol. The minimum absolute atomic E-state index is 0.437. The number of hydrogen-bond acceptors (Lipinski definition) is 2. The van der Waals surface area contributed by atoms with Gasteiger partial charge in [0.1, 0.15) is 5.75 Å². The van der Waals surface area contributed by atoms with Crippen LogP contribution in [0.15, 0.2) is 18.2 Å². The van der Waals surface area contributed by atoms with Gasteiger partial charge in [0, 0.05) is 6.04 Å². The van der Waals surface area contributed by atoms with E-state index in [0.29, 0.717) is 12.0 Å². The van der Waals surface area contributed by atoms with Crippen molar-refractivity contribution in [2.45, 2.75) is 32.7 Å². The zero-order valence-electron chi connectivity index (χ0n) is 10.4. The van der Waals surface area contributed by atoms with Crippen molar-refractivity contribution in [1.29, 1.82) is 0 Å². The van der Waals surface area contributed by atoms with Gasteiger partial charge in [0.2, 0.25) is 0 Å². The molecular formula is C14H21NO. The molecule has 16 heavy (non-hydrogen) atoms. The van der Waals surface area contributed by atoms with Crippen molar-refractivity contribution >= 4 is 0 Å². The third kappa shape index (κ3) is 2.22. The third-order valence-corrected chi connectivity index (χ3v) is 3.27. The van der Waals surface area contributed by atoms with Crippen LogP contribution in [-0.2, 0) is 6.42 Å². The average Bonchev–Trinajstić information content (AvgIpc) is 2.29. The molecule has 0 saturated heterocycles. The highest BCUT2D eigenvalue weighted by Crippen LogP contribution is 2.29. The molecule has 1 aromatic rings. The monoisotopic (exact) mass is 219 g/mol. The fraction of sp³-hybridized carbons (Fsp3) is 0.571. The second-order valence-corrected chi connectivity index (χ2v) is 4.83. The highest BCUT2D eigenvalue weighted by molar-refractivity contribution is 5.39. The van der Waals surface area contributed by atoms with Gasteiger partial charge in [-0.1, -0.05) is 26.0 Å². The van der Waals surface area contributed by atoms with Gasteiger partial charge in [0.15, 0.2) is 0 Å². The van der Waals surface area contributed by atoms with Gasteiger partial charge in [-0.05, 0) is 43.0 Å². The van der Waals surface area contributed by atoms with Crippen LogP contribution in [0.4, 0.5) is 0 Å². The van der Waals surface area contributed by atoms with E-state index in [2.05, 4.69) is 37.4 Å². The van der Waals surface area contributed by atoms with Crippen molar-refractivity contribution in [1.82, 2.24) is 5.32 Å². The molecule has 1 N–H and O–H groups in total. The lowest BCUT2D eigenvalue weighted by molar-refractivity contribution is 0.288. The molecule has 0 amide bonds. The van der Waals surface area contributed by atoms with Gasteiger partial charge < -0.3 is 10.1 Å². The summed E-state index contributed by atoms with van der Waals surface area (Å²) in [7, 11) is 2.03. The Morgan fingerprint density at radius 2 is 2.12 bits per heavy atom. The van der Waals surface area contributed by atoms with Crippen molar-refractivity contribution in [3.63, 3.8) is 0 Å². The Bertz CT molecular complexity index is 360. The quantitative estimate of drug-likeness (QED) is 0.844. The number of fused-ring (bicyclic) bond motifs is 1. The molecule has 0 radical (unpaired) electrons. The Morgan fingerprint density at radius 3 is 2.81 bits per heavy atom. The number of hydrogen-bond donors (Lipinski definition) is 1. The first-order valence-electron chi connectivity index (χ1n) is 6.15. The molecule has 1 aromatic carbocycles. The summed E-state index contributed by atoms with van der Waals surface area (Å²) in [5.74, 6) is 1.68. The fourth-order valence-electron chi connectivity index (χ4n) is 2.46. The minimum atomic E-state index is 0.437. The molecule has 1 heterocycles. The molecule has 0 spiro atoms. The van der Waals surface area contributed by atoms with Crippen LogP contribution < -0.4 is 10.1 Å². The van der Waals surface area contributed by atoms with Gasteiger partial charge in [-0.15, -0.1) is 0 Å². The van der Waals surface area contributed by atoms with Crippen LogP contribution in [-0.4, -0.2) is 13.7 Å². The third-order valence-electron chi connectivity index (χ3n) is 3.27. The van der Waals surface area contributed by atoms with Crippen molar-refractivity contribution in [3.8, 4) is 5.75 Å². The highest BCUT2D eigenvalue weighted by Gasteiger charge is 2.16. The molecule has 2 nitrogen and oxygen atoms in total. The fourth-order valence-corrected chi connectivity index (χ4v) is 2.46. The molecule has 1 aliphatic rings. The lowest BCUT2D eigenvalue weighted by atomic mass is 9.93. The van der Waals surface area contributed by atoms with Crippen LogP contribution in [0, 0.1) is 5.92 Å². The first kappa shape index (κ1) is 11.5. The van der Waals surface area contributed by atoms with E-state index in [1.165, 1.54) is 11.1 Å². The van der Waals surface area contributed by atoms with Gasteiger partial charge in [-0.25, -0.2) is 0 Å². The van der Waals surface area contributed by atoms with Gasteiger partial charge >= 0.3 is 0 Å². The summed E-state index contributed by atoms with van der Waals surface area (Å²) < 4.78 is 5.63. The molecule has 1 unspecified atom stereocenters. The van der Waals surface area contributed by atoms with Gasteiger partial charge in [0.05, 0.1) is 6.61 Å². The molecule has 2 rings (SSSR count). The molecule has 88 valence electrons. The average molecular weight is 219 g/mol. The van der Waals surface area contributed by atoms with Crippen LogP contribution in [0.3, 0.4) is 0 Å². The molecule has 0 aliphatic carbocycles. The first-order valence-corrected chi connectivity index (χ1v) is 6.15. The second kappa shape index (κ2) is 4.88. The van der Waals surface area contributed by atoms with E-state index in [4.69, 9.17) is 4.74 Å². The summed E-state index contributed by atoms with van der Waals surface area (Å²) in [6, 6.07) is 7.05. The van der Waals surface area contributed by atoms with Gasteiger partial charge in [0.25, 0.3) is 0 Å². The van der Waals surface area contributed by atoms with E-state index in [1.807, 2.05) is 7.05 Å². The number of ether oxygens (including phenoxy) is 1. The molecule has 1 aliphatic heterocycles. The Balaban J connectivity index is 2.28. The molecule has 2 heteroatoms. The summed E-state index contributed by atoms with van der Waals surface area (Å²) in [5, 5.41) is 3.38. The van der Waals surface area contributed by atoms with Crippen molar-refractivity contribution in [3.05, 3.63) is 29.3 Å². The predicted molar refractivity (Wildman–Crippen MR) is 66.9 cm³/mol. The largest absolute Gasteiger partial charge is 0.493 e. The van der Waals surface area contributed by atoms with E-state index in [0.717, 1.165) is 25.2 Å². The van der Waals surface area contributed by atoms with Gasteiger partial charge in [-0.2, -0.15) is 0 Å². The molecule has 0 aromatic heterocycles. The number of aryl methyl sites for hydroxylation is 1. The molecule has 0 bridgehead atoms. The maximum absolute atomic E-state index is 5.63. The van der Waals surface area contributed by atoms with E-state index < -0.39 is 0 Å². The smallest absolute Gasteiger partial charge is 0.122 e. The number of benzene rings is 1. The molecule has 0 fully saturated rings. The van der Waals surface area contributed by atoms with Crippen molar-refractivity contribution in [2.75, 3.05) is 13.7 Å².